The minimum Gasteiger partial charge on any atom is -0.465 e. The third-order valence-electron chi connectivity index (χ3n) is 2.93. The number of carbonyl (C=O) groups excluding carboxylic acids is 1. The van der Waals surface area contributed by atoms with Crippen LogP contribution >= 0.6 is 11.3 Å². The normalized spacial score (nSPS) is 12.0. The van der Waals surface area contributed by atoms with Crippen molar-refractivity contribution in [1.82, 2.24) is 4.98 Å². The summed E-state index contributed by atoms with van der Waals surface area (Å²) >= 11 is 1.52. The molecule has 20 heavy (non-hydrogen) atoms. The van der Waals surface area contributed by atoms with Crippen molar-refractivity contribution in [2.75, 3.05) is 12.4 Å². The fourth-order valence-electron chi connectivity index (χ4n) is 1.95. The number of benzene rings is 1. The molecule has 1 aromatic carbocycles. The van der Waals surface area contributed by atoms with Crippen LogP contribution in [0.4, 0.5) is 10.1 Å². The molecule has 0 amide bonds. The van der Waals surface area contributed by atoms with Gasteiger partial charge in [-0.05, 0) is 32.0 Å². The van der Waals surface area contributed by atoms with E-state index in [0.29, 0.717) is 11.3 Å². The Labute approximate surface area is 120 Å². The predicted molar refractivity (Wildman–Crippen MR) is 76.6 cm³/mol. The van der Waals surface area contributed by atoms with Crippen LogP contribution in [0.3, 0.4) is 0 Å². The first kappa shape index (κ1) is 14.5. The smallest absolute Gasteiger partial charge is 0.339 e. The maximum atomic E-state index is 13.4. The number of nitrogens with one attached hydrogen (secondary N) is 1. The van der Waals surface area contributed by atoms with E-state index in [-0.39, 0.29) is 6.04 Å². The Hall–Kier alpha value is -1.95. The van der Waals surface area contributed by atoms with Gasteiger partial charge in [-0.3, -0.25) is 0 Å². The van der Waals surface area contributed by atoms with Crippen LogP contribution in [-0.2, 0) is 4.74 Å². The van der Waals surface area contributed by atoms with Crippen LogP contribution in [0.2, 0.25) is 0 Å². The van der Waals surface area contributed by atoms with Gasteiger partial charge in [-0.25, -0.2) is 14.2 Å². The Morgan fingerprint density at radius 3 is 2.85 bits per heavy atom. The van der Waals surface area contributed by atoms with Crippen LogP contribution in [0.5, 0.6) is 0 Å². The van der Waals surface area contributed by atoms with E-state index in [1.807, 2.05) is 13.8 Å². The van der Waals surface area contributed by atoms with E-state index in [0.717, 1.165) is 10.6 Å². The van der Waals surface area contributed by atoms with Crippen molar-refractivity contribution in [3.63, 3.8) is 0 Å². The highest BCUT2D eigenvalue weighted by Gasteiger charge is 2.17. The van der Waals surface area contributed by atoms with E-state index >= 15 is 0 Å². The van der Waals surface area contributed by atoms with Crippen molar-refractivity contribution in [3.05, 3.63) is 45.7 Å². The monoisotopic (exact) mass is 294 g/mol. The second-order valence-corrected chi connectivity index (χ2v) is 5.24. The highest BCUT2D eigenvalue weighted by atomic mass is 32.1. The van der Waals surface area contributed by atoms with Crippen LogP contribution in [0.15, 0.2) is 23.7 Å². The number of hydrogen-bond donors (Lipinski definition) is 1. The third kappa shape index (κ3) is 2.96. The lowest BCUT2D eigenvalue weighted by molar-refractivity contribution is 0.0601. The molecule has 1 heterocycles. The molecule has 1 atom stereocenters. The Kier molecular flexibility index (Phi) is 4.34. The number of methoxy groups -OCH3 is 1. The molecule has 0 aliphatic heterocycles. The number of carbonyl (C=O) groups is 1. The number of ether oxygens (including phenoxy) is 1. The van der Waals surface area contributed by atoms with Crippen molar-refractivity contribution >= 4 is 23.0 Å². The van der Waals surface area contributed by atoms with E-state index in [1.165, 1.54) is 36.6 Å². The summed E-state index contributed by atoms with van der Waals surface area (Å²) in [7, 11) is 1.30. The van der Waals surface area contributed by atoms with Gasteiger partial charge < -0.3 is 10.1 Å². The van der Waals surface area contributed by atoms with Crippen molar-refractivity contribution in [1.29, 1.82) is 0 Å². The maximum Gasteiger partial charge on any atom is 0.339 e. The summed E-state index contributed by atoms with van der Waals surface area (Å²) in [6.07, 6.45) is 0. The number of aryl methyl sites for hydroxylation is 1. The Balaban J connectivity index is 2.30. The summed E-state index contributed by atoms with van der Waals surface area (Å²) in [6, 6.07) is 3.86. The van der Waals surface area contributed by atoms with Gasteiger partial charge in [0.15, 0.2) is 0 Å². The minimum absolute atomic E-state index is 0.0762. The second kappa shape index (κ2) is 6.00. The molecule has 2 aromatic rings. The first-order chi connectivity index (χ1) is 9.52. The number of esters is 1. The summed E-state index contributed by atoms with van der Waals surface area (Å²) in [5.74, 6) is -0.908. The molecule has 0 saturated carbocycles. The van der Waals surface area contributed by atoms with Crippen LogP contribution in [0.25, 0.3) is 0 Å². The fourth-order valence-corrected chi connectivity index (χ4v) is 2.76. The molecular formula is C14H15FN2O2S. The number of halogens is 1. The van der Waals surface area contributed by atoms with Crippen molar-refractivity contribution in [2.24, 2.45) is 0 Å². The van der Waals surface area contributed by atoms with Crippen LogP contribution < -0.4 is 5.32 Å². The fraction of sp³-hybridized carbons (Fsp3) is 0.286. The quantitative estimate of drug-likeness (QED) is 0.876. The van der Waals surface area contributed by atoms with Gasteiger partial charge in [0.25, 0.3) is 0 Å². The third-order valence-corrected chi connectivity index (χ3v) is 4.05. The molecule has 0 bridgehead atoms. The SMILES string of the molecule is COC(=O)c1ccc(F)cc1NC(C)c1scnc1C. The zero-order chi connectivity index (χ0) is 14.7. The number of thiazole rings is 1. The average molecular weight is 294 g/mol. The molecule has 1 N–H and O–H groups in total. The van der Waals surface area contributed by atoms with Gasteiger partial charge in [0.05, 0.1) is 35.6 Å². The molecule has 6 heteroatoms. The second-order valence-electron chi connectivity index (χ2n) is 4.35. The maximum absolute atomic E-state index is 13.4. The lowest BCUT2D eigenvalue weighted by Crippen LogP contribution is -2.12. The van der Waals surface area contributed by atoms with E-state index in [2.05, 4.69) is 10.3 Å². The first-order valence-corrected chi connectivity index (χ1v) is 6.95. The molecular weight excluding hydrogens is 279 g/mol. The summed E-state index contributed by atoms with van der Waals surface area (Å²) in [4.78, 5) is 16.9. The Morgan fingerprint density at radius 2 is 2.25 bits per heavy atom. The molecule has 1 unspecified atom stereocenters. The minimum atomic E-state index is -0.499. The van der Waals surface area contributed by atoms with Gasteiger partial charge in [-0.1, -0.05) is 0 Å². The standard InChI is InChI=1S/C14H15FN2O2S/c1-8-13(20-7-16-8)9(2)17-12-6-10(15)4-5-11(12)14(18)19-3/h4-7,9,17H,1-3H3. The topological polar surface area (TPSA) is 51.2 Å². The highest BCUT2D eigenvalue weighted by Crippen LogP contribution is 2.27. The number of anilines is 1. The molecule has 0 radical (unpaired) electrons. The lowest BCUT2D eigenvalue weighted by atomic mass is 10.1. The number of hydrogen-bond acceptors (Lipinski definition) is 5. The van der Waals surface area contributed by atoms with Gasteiger partial charge in [0, 0.05) is 4.88 Å². The molecule has 0 spiro atoms. The lowest BCUT2D eigenvalue weighted by Gasteiger charge is -2.17. The highest BCUT2D eigenvalue weighted by molar-refractivity contribution is 7.09. The Morgan fingerprint density at radius 1 is 1.50 bits per heavy atom. The molecule has 0 aliphatic carbocycles. The number of aromatic nitrogens is 1. The largest absolute Gasteiger partial charge is 0.465 e. The average Bonchev–Trinajstić information content (AvgIpc) is 2.84. The van der Waals surface area contributed by atoms with Gasteiger partial charge in [0.1, 0.15) is 5.82 Å². The van der Waals surface area contributed by atoms with Crippen molar-refractivity contribution < 1.29 is 13.9 Å². The first-order valence-electron chi connectivity index (χ1n) is 6.07. The molecule has 4 nitrogen and oxygen atoms in total. The van der Waals surface area contributed by atoms with Crippen molar-refractivity contribution in [3.8, 4) is 0 Å². The van der Waals surface area contributed by atoms with E-state index in [9.17, 15) is 9.18 Å². The zero-order valence-electron chi connectivity index (χ0n) is 11.4. The number of rotatable bonds is 4. The summed E-state index contributed by atoms with van der Waals surface area (Å²) in [6.45, 7) is 3.85. The molecule has 106 valence electrons. The predicted octanol–water partition coefficient (Wildman–Crippen LogP) is 3.55. The molecule has 1 aromatic heterocycles. The van der Waals surface area contributed by atoms with Gasteiger partial charge >= 0.3 is 5.97 Å². The summed E-state index contributed by atoms with van der Waals surface area (Å²) < 4.78 is 18.1. The molecule has 0 fully saturated rings. The molecule has 2 rings (SSSR count). The van der Waals surface area contributed by atoms with Crippen molar-refractivity contribution in [2.45, 2.75) is 19.9 Å². The van der Waals surface area contributed by atoms with Gasteiger partial charge in [-0.2, -0.15) is 0 Å². The van der Waals surface area contributed by atoms with E-state index in [1.54, 1.807) is 5.51 Å². The summed E-state index contributed by atoms with van der Waals surface area (Å²) in [5, 5.41) is 3.14. The van der Waals surface area contributed by atoms with Crippen LogP contribution in [0, 0.1) is 12.7 Å². The zero-order valence-corrected chi connectivity index (χ0v) is 12.3. The molecule has 0 saturated heterocycles. The van der Waals surface area contributed by atoms with Crippen LogP contribution in [0.1, 0.15) is 33.9 Å². The Bertz CT molecular complexity index is 627. The van der Waals surface area contributed by atoms with Crippen LogP contribution in [-0.4, -0.2) is 18.1 Å². The molecule has 0 aliphatic rings. The van der Waals surface area contributed by atoms with Gasteiger partial charge in [0.2, 0.25) is 0 Å². The number of nitrogens with zero attached hydrogens (tertiary/aromatic N) is 1. The summed E-state index contributed by atoms with van der Waals surface area (Å²) in [5.41, 5.74) is 3.40. The van der Waals surface area contributed by atoms with E-state index in [4.69, 9.17) is 4.74 Å². The van der Waals surface area contributed by atoms with E-state index < -0.39 is 11.8 Å². The van der Waals surface area contributed by atoms with Gasteiger partial charge in [-0.15, -0.1) is 11.3 Å².